The molecule has 144 valence electrons. The summed E-state index contributed by atoms with van der Waals surface area (Å²) in [5.41, 5.74) is 1.47. The van der Waals surface area contributed by atoms with Crippen molar-refractivity contribution in [1.29, 1.82) is 0 Å². The number of carbonyl (C=O) groups is 2. The van der Waals surface area contributed by atoms with E-state index in [4.69, 9.17) is 4.74 Å². The molecule has 0 spiro atoms. The summed E-state index contributed by atoms with van der Waals surface area (Å²) in [7, 11) is -3.62. The molecule has 8 heteroatoms. The van der Waals surface area contributed by atoms with Gasteiger partial charge in [-0.2, -0.15) is 4.31 Å². The van der Waals surface area contributed by atoms with Crippen molar-refractivity contribution in [2.75, 3.05) is 13.1 Å². The zero-order chi connectivity index (χ0) is 19.6. The highest BCUT2D eigenvalue weighted by molar-refractivity contribution is 7.89. The molecular weight excluding hydrogens is 368 g/mol. The maximum Gasteiger partial charge on any atom is 0.355 e. The van der Waals surface area contributed by atoms with Crippen molar-refractivity contribution < 1.29 is 22.7 Å². The van der Waals surface area contributed by atoms with Crippen LogP contribution in [0.15, 0.2) is 41.4 Å². The Morgan fingerprint density at radius 3 is 2.41 bits per heavy atom. The van der Waals surface area contributed by atoms with Crippen LogP contribution >= 0.6 is 0 Å². The number of carbonyl (C=O) groups excluding carboxylic acids is 2. The number of H-pyrrole nitrogens is 1. The van der Waals surface area contributed by atoms with E-state index in [9.17, 15) is 18.0 Å². The second-order valence-electron chi connectivity index (χ2n) is 6.64. The minimum Gasteiger partial charge on any atom is -0.450 e. The van der Waals surface area contributed by atoms with Crippen molar-refractivity contribution in [2.24, 2.45) is 0 Å². The monoisotopic (exact) mass is 390 g/mol. The van der Waals surface area contributed by atoms with Gasteiger partial charge in [0.05, 0.1) is 0 Å². The van der Waals surface area contributed by atoms with Gasteiger partial charge in [0, 0.05) is 24.8 Å². The van der Waals surface area contributed by atoms with Crippen molar-refractivity contribution in [3.8, 4) is 0 Å². The van der Waals surface area contributed by atoms with Gasteiger partial charge in [0.1, 0.15) is 10.6 Å². The topological polar surface area (TPSA) is 96.5 Å². The highest BCUT2D eigenvalue weighted by Crippen LogP contribution is 2.22. The van der Waals surface area contributed by atoms with Crippen molar-refractivity contribution >= 4 is 21.8 Å². The lowest BCUT2D eigenvalue weighted by atomic mass is 10.1. The number of ether oxygens (including phenoxy) is 1. The fourth-order valence-corrected chi connectivity index (χ4v) is 4.46. The molecule has 1 aliphatic heterocycles. The number of esters is 1. The van der Waals surface area contributed by atoms with Crippen LogP contribution in [0.25, 0.3) is 0 Å². The van der Waals surface area contributed by atoms with E-state index in [1.54, 1.807) is 12.1 Å². The number of ketones is 1. The van der Waals surface area contributed by atoms with Gasteiger partial charge in [0.2, 0.25) is 15.8 Å². The minimum absolute atomic E-state index is 0.00340. The Kier molecular flexibility index (Phi) is 5.48. The number of aromatic nitrogens is 1. The molecule has 0 saturated carbocycles. The van der Waals surface area contributed by atoms with E-state index >= 15 is 0 Å². The Bertz CT molecular complexity index is 941. The van der Waals surface area contributed by atoms with Crippen molar-refractivity contribution in [3.05, 3.63) is 53.3 Å². The van der Waals surface area contributed by atoms with Gasteiger partial charge < -0.3 is 9.72 Å². The van der Waals surface area contributed by atoms with Gasteiger partial charge in [-0.3, -0.25) is 4.79 Å². The minimum atomic E-state index is -3.62. The molecule has 1 fully saturated rings. The molecule has 1 aromatic heterocycles. The number of aromatic amines is 1. The first kappa shape index (κ1) is 19.3. The third-order valence-electron chi connectivity index (χ3n) is 4.57. The Balaban J connectivity index is 1.68. The summed E-state index contributed by atoms with van der Waals surface area (Å²) >= 11 is 0. The SMILES string of the molecule is Cc1ccc(C(=O)C(C)OC(=O)c2cc(S(=O)(=O)N3CCCC3)c[nH]2)cc1. The van der Waals surface area contributed by atoms with E-state index < -0.39 is 22.1 Å². The lowest BCUT2D eigenvalue weighted by Gasteiger charge is -2.13. The summed E-state index contributed by atoms with van der Waals surface area (Å²) in [6.07, 6.45) is 1.95. The Hall–Kier alpha value is -2.45. The number of aryl methyl sites for hydroxylation is 1. The fraction of sp³-hybridized carbons (Fsp3) is 0.368. The summed E-state index contributed by atoms with van der Waals surface area (Å²) in [4.78, 5) is 27.3. The number of Topliss-reactive ketones (excluding diaryl/α,β-unsaturated/α-hetero) is 1. The lowest BCUT2D eigenvalue weighted by Crippen LogP contribution is -2.27. The molecule has 2 heterocycles. The molecule has 27 heavy (non-hydrogen) atoms. The van der Waals surface area contributed by atoms with Crippen LogP contribution in [-0.2, 0) is 14.8 Å². The van der Waals surface area contributed by atoms with Crippen LogP contribution in [-0.4, -0.2) is 48.7 Å². The van der Waals surface area contributed by atoms with E-state index in [1.807, 2.05) is 19.1 Å². The maximum absolute atomic E-state index is 12.5. The molecule has 1 saturated heterocycles. The summed E-state index contributed by atoms with van der Waals surface area (Å²) in [6.45, 7) is 4.37. The number of sulfonamides is 1. The Morgan fingerprint density at radius 1 is 1.15 bits per heavy atom. The largest absolute Gasteiger partial charge is 0.450 e. The van der Waals surface area contributed by atoms with Crippen LogP contribution in [0, 0.1) is 6.92 Å². The first-order valence-corrected chi connectivity index (χ1v) is 10.2. The van der Waals surface area contributed by atoms with Gasteiger partial charge in [0.25, 0.3) is 0 Å². The molecule has 1 atom stereocenters. The highest BCUT2D eigenvalue weighted by atomic mass is 32.2. The van der Waals surface area contributed by atoms with Crippen LogP contribution in [0.3, 0.4) is 0 Å². The van der Waals surface area contributed by atoms with Gasteiger partial charge in [0.15, 0.2) is 6.10 Å². The first-order valence-electron chi connectivity index (χ1n) is 8.79. The molecule has 0 bridgehead atoms. The summed E-state index contributed by atoms with van der Waals surface area (Å²) in [5, 5.41) is 0. The van der Waals surface area contributed by atoms with Crippen LogP contribution < -0.4 is 0 Å². The molecule has 2 aromatic rings. The molecular formula is C19H22N2O5S. The Labute approximate surface area is 158 Å². The van der Waals surface area contributed by atoms with Crippen molar-refractivity contribution in [3.63, 3.8) is 0 Å². The van der Waals surface area contributed by atoms with Crippen molar-refractivity contribution in [1.82, 2.24) is 9.29 Å². The normalized spacial score (nSPS) is 16.2. The third-order valence-corrected chi connectivity index (χ3v) is 6.44. The van der Waals surface area contributed by atoms with Crippen LogP contribution in [0.1, 0.15) is 46.2 Å². The van der Waals surface area contributed by atoms with Gasteiger partial charge in [-0.1, -0.05) is 29.8 Å². The summed E-state index contributed by atoms with van der Waals surface area (Å²) < 4.78 is 31.6. The number of nitrogens with zero attached hydrogens (tertiary/aromatic N) is 1. The smallest absolute Gasteiger partial charge is 0.355 e. The molecule has 0 amide bonds. The van der Waals surface area contributed by atoms with Gasteiger partial charge >= 0.3 is 5.97 Å². The zero-order valence-corrected chi connectivity index (χ0v) is 16.1. The molecule has 1 aromatic carbocycles. The fourth-order valence-electron chi connectivity index (χ4n) is 2.95. The molecule has 3 rings (SSSR count). The van der Waals surface area contributed by atoms with E-state index in [2.05, 4.69) is 4.98 Å². The zero-order valence-electron chi connectivity index (χ0n) is 15.3. The lowest BCUT2D eigenvalue weighted by molar-refractivity contribution is 0.0313. The molecule has 1 aliphatic rings. The van der Waals surface area contributed by atoms with E-state index in [0.29, 0.717) is 18.7 Å². The van der Waals surface area contributed by atoms with Crippen LogP contribution in [0.5, 0.6) is 0 Å². The molecule has 1 unspecified atom stereocenters. The van der Waals surface area contributed by atoms with Crippen LogP contribution in [0.4, 0.5) is 0 Å². The first-order chi connectivity index (χ1) is 12.8. The summed E-state index contributed by atoms with van der Waals surface area (Å²) in [6, 6.07) is 8.22. The average Bonchev–Trinajstić information content (AvgIpc) is 3.34. The Morgan fingerprint density at radius 2 is 1.78 bits per heavy atom. The number of benzene rings is 1. The maximum atomic E-state index is 12.5. The number of hydrogen-bond donors (Lipinski definition) is 1. The third kappa shape index (κ3) is 4.12. The van der Waals surface area contributed by atoms with E-state index in [-0.39, 0.29) is 16.4 Å². The number of rotatable bonds is 6. The molecule has 0 radical (unpaired) electrons. The quantitative estimate of drug-likeness (QED) is 0.604. The van der Waals surface area contributed by atoms with Crippen LogP contribution in [0.2, 0.25) is 0 Å². The van der Waals surface area contributed by atoms with Gasteiger partial charge in [-0.15, -0.1) is 0 Å². The standard InChI is InChI=1S/C19H22N2O5S/c1-13-5-7-15(8-6-13)18(22)14(2)26-19(23)17-11-16(12-20-17)27(24,25)21-9-3-4-10-21/h5-8,11-12,14,20H,3-4,9-10H2,1-2H3. The predicted molar refractivity (Wildman–Crippen MR) is 99.2 cm³/mol. The number of nitrogens with one attached hydrogen (secondary N) is 1. The van der Waals surface area contributed by atoms with E-state index in [1.165, 1.54) is 23.5 Å². The number of hydrogen-bond acceptors (Lipinski definition) is 5. The van der Waals surface area contributed by atoms with Crippen molar-refractivity contribution in [2.45, 2.75) is 37.7 Å². The average molecular weight is 390 g/mol. The molecule has 1 N–H and O–H groups in total. The summed E-state index contributed by atoms with van der Waals surface area (Å²) in [5.74, 6) is -1.09. The highest BCUT2D eigenvalue weighted by Gasteiger charge is 2.29. The molecule has 7 nitrogen and oxygen atoms in total. The predicted octanol–water partition coefficient (Wildman–Crippen LogP) is 2.54. The second-order valence-corrected chi connectivity index (χ2v) is 8.58. The van der Waals surface area contributed by atoms with Gasteiger partial charge in [-0.05, 0) is 32.8 Å². The van der Waals surface area contributed by atoms with Gasteiger partial charge in [-0.25, -0.2) is 13.2 Å². The molecule has 0 aliphatic carbocycles. The van der Waals surface area contributed by atoms with E-state index in [0.717, 1.165) is 18.4 Å². The second kappa shape index (κ2) is 7.66.